The summed E-state index contributed by atoms with van der Waals surface area (Å²) in [6.07, 6.45) is -3.28. The van der Waals surface area contributed by atoms with Crippen molar-refractivity contribution in [2.45, 2.75) is 6.43 Å². The Bertz CT molecular complexity index is 724. The van der Waals surface area contributed by atoms with Crippen LogP contribution in [0.2, 0.25) is 0 Å². The van der Waals surface area contributed by atoms with E-state index >= 15 is 0 Å². The number of aromatic carboxylic acids is 1. The van der Waals surface area contributed by atoms with Gasteiger partial charge in [0.05, 0.1) is 5.56 Å². The average molecular weight is 418 g/mol. The topological polar surface area (TPSA) is 37.3 Å². The zero-order valence-corrected chi connectivity index (χ0v) is 13.2. The summed E-state index contributed by atoms with van der Waals surface area (Å²) < 4.78 is 40.5. The number of alkyl halides is 2. The fourth-order valence-corrected chi connectivity index (χ4v) is 2.34. The van der Waals surface area contributed by atoms with Gasteiger partial charge in [-0.15, -0.1) is 0 Å². The number of rotatable bonds is 4. The summed E-state index contributed by atoms with van der Waals surface area (Å²) in [5, 5.41) is 8.99. The molecular weight excluding hydrogens is 408 g/mol. The normalized spacial score (nSPS) is 12.2. The van der Waals surface area contributed by atoms with Gasteiger partial charge in [-0.25, -0.2) is 18.0 Å². The van der Waals surface area contributed by atoms with Crippen LogP contribution in [0.5, 0.6) is 0 Å². The molecule has 0 aliphatic heterocycles. The molecule has 0 aromatic heterocycles. The van der Waals surface area contributed by atoms with Crippen molar-refractivity contribution < 1.29 is 23.1 Å². The molecule has 6 heteroatoms. The smallest absolute Gasteiger partial charge is 0.335 e. The Kier molecular flexibility index (Phi) is 5.23. The number of allylic oxidation sites excluding steroid dienone is 1. The predicted octanol–water partition coefficient (Wildman–Crippen LogP) is 4.98. The third-order valence-electron chi connectivity index (χ3n) is 2.96. The van der Waals surface area contributed by atoms with E-state index in [2.05, 4.69) is 0 Å². The molecule has 0 unspecified atom stereocenters. The molecule has 0 fully saturated rings. The largest absolute Gasteiger partial charge is 0.478 e. The Balaban J connectivity index is 2.65. The zero-order chi connectivity index (χ0) is 16.3. The second kappa shape index (κ2) is 6.95. The highest BCUT2D eigenvalue weighted by Gasteiger charge is 2.20. The Labute approximate surface area is 138 Å². The van der Waals surface area contributed by atoms with Crippen molar-refractivity contribution in [3.05, 3.63) is 74.6 Å². The quantitative estimate of drug-likeness (QED) is 0.712. The molecule has 0 saturated heterocycles. The summed E-state index contributed by atoms with van der Waals surface area (Å²) in [6, 6.07) is 11.7. The van der Waals surface area contributed by atoms with Gasteiger partial charge in [0, 0.05) is 9.14 Å². The fraction of sp³-hybridized carbons (Fsp3) is 0.0625. The molecule has 0 saturated carbocycles. The number of benzene rings is 2. The molecule has 2 nitrogen and oxygen atoms in total. The van der Waals surface area contributed by atoms with Gasteiger partial charge in [0.2, 0.25) is 0 Å². The first-order valence-corrected chi connectivity index (χ1v) is 7.25. The molecule has 0 atom stereocenters. The highest BCUT2D eigenvalue weighted by Crippen LogP contribution is 2.31. The van der Waals surface area contributed by atoms with Crippen LogP contribution in [0.15, 0.2) is 54.4 Å². The van der Waals surface area contributed by atoms with E-state index in [0.717, 1.165) is 3.57 Å². The molecule has 0 amide bonds. The molecule has 0 heterocycles. The SMILES string of the molecule is O=C(O)c1cccc(C(=C(F)C(F)F)c2ccc(I)cc2)c1. The lowest BCUT2D eigenvalue weighted by Gasteiger charge is -2.11. The van der Waals surface area contributed by atoms with Gasteiger partial charge in [-0.2, -0.15) is 0 Å². The number of hydrogen-bond donors (Lipinski definition) is 1. The highest BCUT2D eigenvalue weighted by molar-refractivity contribution is 14.1. The van der Waals surface area contributed by atoms with Crippen molar-refractivity contribution in [3.63, 3.8) is 0 Å². The minimum Gasteiger partial charge on any atom is -0.478 e. The summed E-state index contributed by atoms with van der Waals surface area (Å²) in [7, 11) is 0. The second-order valence-electron chi connectivity index (χ2n) is 4.42. The lowest BCUT2D eigenvalue weighted by atomic mass is 9.95. The summed E-state index contributed by atoms with van der Waals surface area (Å²) >= 11 is 2.04. The maximum atomic E-state index is 14.0. The van der Waals surface area contributed by atoms with E-state index in [0.29, 0.717) is 0 Å². The number of carboxylic acids is 1. The van der Waals surface area contributed by atoms with E-state index in [1.807, 2.05) is 22.6 Å². The molecule has 0 spiro atoms. The van der Waals surface area contributed by atoms with Crippen molar-refractivity contribution in [3.8, 4) is 0 Å². The van der Waals surface area contributed by atoms with Crippen molar-refractivity contribution in [2.75, 3.05) is 0 Å². The third-order valence-corrected chi connectivity index (χ3v) is 3.68. The molecule has 0 bridgehead atoms. The Hall–Kier alpha value is -1.83. The lowest BCUT2D eigenvalue weighted by molar-refractivity contribution is 0.0697. The summed E-state index contributed by atoms with van der Waals surface area (Å²) in [5.74, 6) is -2.79. The van der Waals surface area contributed by atoms with E-state index in [1.165, 1.54) is 36.4 Å². The van der Waals surface area contributed by atoms with E-state index < -0.39 is 18.2 Å². The summed E-state index contributed by atoms with van der Waals surface area (Å²) in [4.78, 5) is 11.0. The van der Waals surface area contributed by atoms with Crippen LogP contribution in [0.1, 0.15) is 21.5 Å². The van der Waals surface area contributed by atoms with Crippen LogP contribution in [0, 0.1) is 3.57 Å². The van der Waals surface area contributed by atoms with Crippen LogP contribution in [0.25, 0.3) is 5.57 Å². The molecule has 2 aromatic rings. The number of carboxylic acid groups (broad SMARTS) is 1. The molecule has 0 aliphatic carbocycles. The molecule has 0 aliphatic rings. The van der Waals surface area contributed by atoms with Gasteiger partial charge >= 0.3 is 5.97 Å². The number of hydrogen-bond acceptors (Lipinski definition) is 1. The first kappa shape index (κ1) is 16.5. The van der Waals surface area contributed by atoms with Gasteiger partial charge in [-0.3, -0.25) is 0 Å². The lowest BCUT2D eigenvalue weighted by Crippen LogP contribution is -2.01. The van der Waals surface area contributed by atoms with Crippen LogP contribution >= 0.6 is 22.6 Å². The molecule has 114 valence electrons. The van der Waals surface area contributed by atoms with Gasteiger partial charge in [-0.1, -0.05) is 24.3 Å². The van der Waals surface area contributed by atoms with Crippen LogP contribution in [0.4, 0.5) is 13.2 Å². The fourth-order valence-electron chi connectivity index (χ4n) is 1.98. The molecule has 1 N–H and O–H groups in total. The van der Waals surface area contributed by atoms with Crippen LogP contribution in [-0.2, 0) is 0 Å². The van der Waals surface area contributed by atoms with Crippen molar-refractivity contribution >= 4 is 34.1 Å². The maximum absolute atomic E-state index is 14.0. The molecule has 2 aromatic carbocycles. The van der Waals surface area contributed by atoms with E-state index in [4.69, 9.17) is 5.11 Å². The number of carbonyl (C=O) groups is 1. The number of halogens is 4. The van der Waals surface area contributed by atoms with Crippen LogP contribution in [-0.4, -0.2) is 17.5 Å². The zero-order valence-electron chi connectivity index (χ0n) is 11.1. The van der Waals surface area contributed by atoms with Crippen LogP contribution < -0.4 is 0 Å². The minimum absolute atomic E-state index is 0.0948. The Morgan fingerprint density at radius 1 is 1.00 bits per heavy atom. The van der Waals surface area contributed by atoms with Gasteiger partial charge in [0.25, 0.3) is 6.43 Å². The highest BCUT2D eigenvalue weighted by atomic mass is 127. The second-order valence-corrected chi connectivity index (χ2v) is 5.66. The van der Waals surface area contributed by atoms with Gasteiger partial charge < -0.3 is 5.11 Å². The summed E-state index contributed by atoms with van der Waals surface area (Å²) in [6.45, 7) is 0. The average Bonchev–Trinajstić information content (AvgIpc) is 2.49. The molecule has 0 radical (unpaired) electrons. The van der Waals surface area contributed by atoms with E-state index in [1.54, 1.807) is 12.1 Å². The minimum atomic E-state index is -3.28. The Morgan fingerprint density at radius 3 is 2.14 bits per heavy atom. The van der Waals surface area contributed by atoms with E-state index in [9.17, 15) is 18.0 Å². The molecule has 2 rings (SSSR count). The van der Waals surface area contributed by atoms with E-state index in [-0.39, 0.29) is 22.3 Å². The van der Waals surface area contributed by atoms with Gasteiger partial charge in [0.1, 0.15) is 0 Å². The van der Waals surface area contributed by atoms with Gasteiger partial charge in [0.15, 0.2) is 5.83 Å². The Morgan fingerprint density at radius 2 is 1.59 bits per heavy atom. The maximum Gasteiger partial charge on any atom is 0.335 e. The first-order valence-electron chi connectivity index (χ1n) is 6.17. The van der Waals surface area contributed by atoms with Crippen molar-refractivity contribution in [2.24, 2.45) is 0 Å². The standard InChI is InChI=1S/C16H10F3IO2/c17-14(15(18)19)13(9-4-6-12(20)7-5-9)10-2-1-3-11(8-10)16(21)22/h1-8,15H,(H,21,22). The molecular formula is C16H10F3IO2. The molecule has 22 heavy (non-hydrogen) atoms. The predicted molar refractivity (Wildman–Crippen MR) is 85.7 cm³/mol. The van der Waals surface area contributed by atoms with Crippen molar-refractivity contribution in [1.29, 1.82) is 0 Å². The monoisotopic (exact) mass is 418 g/mol. The van der Waals surface area contributed by atoms with Crippen molar-refractivity contribution in [1.82, 2.24) is 0 Å². The van der Waals surface area contributed by atoms with Gasteiger partial charge in [-0.05, 0) is 58.0 Å². The third kappa shape index (κ3) is 3.68. The summed E-state index contributed by atoms with van der Waals surface area (Å²) in [5.41, 5.74) is -0.0308. The van der Waals surface area contributed by atoms with Crippen LogP contribution in [0.3, 0.4) is 0 Å². The first-order chi connectivity index (χ1) is 10.4.